The van der Waals surface area contributed by atoms with E-state index in [4.69, 9.17) is 0 Å². The second-order valence-corrected chi connectivity index (χ2v) is 5.46. The highest BCUT2D eigenvalue weighted by Crippen LogP contribution is 2.50. The maximum absolute atomic E-state index is 11.6. The molecule has 2 atom stereocenters. The van der Waals surface area contributed by atoms with Crippen molar-refractivity contribution in [2.24, 2.45) is 11.3 Å². The third-order valence-corrected chi connectivity index (χ3v) is 4.33. The van der Waals surface area contributed by atoms with Crippen LogP contribution in [0.1, 0.15) is 40.5 Å². The van der Waals surface area contributed by atoms with E-state index < -0.39 is 0 Å². The Morgan fingerprint density at radius 2 is 1.81 bits per heavy atom. The topological polar surface area (TPSA) is 58.2 Å². The molecule has 4 nitrogen and oxygen atoms in total. The Bertz CT molecular complexity index is 312. The summed E-state index contributed by atoms with van der Waals surface area (Å²) in [6, 6.07) is -0.181. The molecule has 16 heavy (non-hydrogen) atoms. The van der Waals surface area contributed by atoms with Crippen molar-refractivity contribution in [2.75, 3.05) is 7.05 Å². The van der Waals surface area contributed by atoms with Crippen LogP contribution in [-0.4, -0.2) is 24.4 Å². The molecule has 0 spiro atoms. The van der Waals surface area contributed by atoms with E-state index in [1.54, 1.807) is 14.0 Å². The van der Waals surface area contributed by atoms with Gasteiger partial charge in [-0.05, 0) is 32.1 Å². The molecule has 0 saturated heterocycles. The minimum atomic E-state index is -0.316. The van der Waals surface area contributed by atoms with Crippen LogP contribution in [0.4, 0.5) is 4.79 Å². The highest BCUT2D eigenvalue weighted by atomic mass is 16.2. The van der Waals surface area contributed by atoms with Gasteiger partial charge in [0, 0.05) is 18.5 Å². The Morgan fingerprint density at radius 3 is 2.19 bits per heavy atom. The average molecular weight is 226 g/mol. The van der Waals surface area contributed by atoms with Gasteiger partial charge in [-0.1, -0.05) is 13.8 Å². The molecule has 0 aromatic carbocycles. The van der Waals surface area contributed by atoms with Gasteiger partial charge in [0.1, 0.15) is 5.78 Å². The quantitative estimate of drug-likeness (QED) is 0.753. The number of hydrogen-bond acceptors (Lipinski definition) is 2. The van der Waals surface area contributed by atoms with E-state index in [2.05, 4.69) is 24.5 Å². The fourth-order valence-corrected chi connectivity index (χ4v) is 2.75. The van der Waals surface area contributed by atoms with Crippen molar-refractivity contribution >= 4 is 11.8 Å². The molecule has 0 aromatic rings. The van der Waals surface area contributed by atoms with Gasteiger partial charge in [-0.15, -0.1) is 0 Å². The number of rotatable bonds is 2. The van der Waals surface area contributed by atoms with Crippen LogP contribution >= 0.6 is 0 Å². The highest BCUT2D eigenvalue weighted by molar-refractivity contribution is 5.80. The van der Waals surface area contributed by atoms with Gasteiger partial charge >= 0.3 is 6.03 Å². The highest BCUT2D eigenvalue weighted by Gasteiger charge is 2.53. The summed E-state index contributed by atoms with van der Waals surface area (Å²) >= 11 is 0. The minimum Gasteiger partial charge on any atom is -0.341 e. The molecule has 1 fully saturated rings. The standard InChI is InChI=1S/C12H22N2O2/c1-8(15)9-6-7-12(4,11(9,2)3)14-10(16)13-5/h9H,6-7H2,1-5H3,(H2,13,14,16). The first-order valence-corrected chi connectivity index (χ1v) is 5.75. The van der Waals surface area contributed by atoms with Crippen molar-refractivity contribution < 1.29 is 9.59 Å². The zero-order valence-electron chi connectivity index (χ0n) is 10.8. The molecule has 1 saturated carbocycles. The maximum atomic E-state index is 11.6. The largest absolute Gasteiger partial charge is 0.341 e. The summed E-state index contributed by atoms with van der Waals surface area (Å²) in [5.74, 6) is 0.252. The molecule has 1 rings (SSSR count). The molecular weight excluding hydrogens is 204 g/mol. The number of urea groups is 1. The zero-order chi connectivity index (χ0) is 12.6. The Morgan fingerprint density at radius 1 is 1.25 bits per heavy atom. The summed E-state index contributed by atoms with van der Waals surface area (Å²) in [7, 11) is 1.60. The summed E-state index contributed by atoms with van der Waals surface area (Å²) in [5, 5.41) is 5.54. The average Bonchev–Trinajstić information content (AvgIpc) is 2.38. The SMILES string of the molecule is CNC(=O)NC1(C)CCC(C(C)=O)C1(C)C. The van der Waals surface area contributed by atoms with Crippen LogP contribution in [0.3, 0.4) is 0 Å². The van der Waals surface area contributed by atoms with Crippen LogP contribution in [0.15, 0.2) is 0 Å². The number of ketones is 1. The first-order valence-electron chi connectivity index (χ1n) is 5.75. The second kappa shape index (κ2) is 4.07. The van der Waals surface area contributed by atoms with Crippen LogP contribution in [0.2, 0.25) is 0 Å². The molecule has 0 bridgehead atoms. The van der Waals surface area contributed by atoms with E-state index in [-0.39, 0.29) is 28.7 Å². The smallest absolute Gasteiger partial charge is 0.314 e. The van der Waals surface area contributed by atoms with Gasteiger partial charge in [0.2, 0.25) is 0 Å². The molecule has 1 aliphatic carbocycles. The molecule has 0 aliphatic heterocycles. The van der Waals surface area contributed by atoms with E-state index in [0.29, 0.717) is 0 Å². The van der Waals surface area contributed by atoms with E-state index in [1.807, 2.05) is 6.92 Å². The van der Waals surface area contributed by atoms with Crippen LogP contribution in [-0.2, 0) is 4.79 Å². The molecule has 92 valence electrons. The number of hydrogen-bond donors (Lipinski definition) is 2. The second-order valence-electron chi connectivity index (χ2n) is 5.46. The first-order chi connectivity index (χ1) is 7.24. The number of carbonyl (C=O) groups excluding carboxylic acids is 2. The minimum absolute atomic E-state index is 0.0367. The lowest BCUT2D eigenvalue weighted by molar-refractivity contribution is -0.124. The number of carbonyl (C=O) groups is 2. The molecule has 0 radical (unpaired) electrons. The Balaban J connectivity index is 2.91. The predicted octanol–water partition coefficient (Wildman–Crippen LogP) is 1.70. The van der Waals surface area contributed by atoms with Crippen molar-refractivity contribution in [3.63, 3.8) is 0 Å². The molecule has 2 N–H and O–H groups in total. The molecule has 0 heterocycles. The number of amides is 2. The summed E-state index contributed by atoms with van der Waals surface area (Å²) in [5.41, 5.74) is -0.519. The van der Waals surface area contributed by atoms with Gasteiger partial charge in [0.25, 0.3) is 0 Å². The number of Topliss-reactive ketones (excluding diaryl/α,β-unsaturated/α-hetero) is 1. The summed E-state index contributed by atoms with van der Waals surface area (Å²) in [4.78, 5) is 23.0. The normalized spacial score (nSPS) is 32.2. The van der Waals surface area contributed by atoms with Crippen molar-refractivity contribution in [3.8, 4) is 0 Å². The summed E-state index contributed by atoms with van der Waals surface area (Å²) < 4.78 is 0. The lowest BCUT2D eigenvalue weighted by Gasteiger charge is -2.41. The molecular formula is C12H22N2O2. The van der Waals surface area contributed by atoms with E-state index in [9.17, 15) is 9.59 Å². The zero-order valence-corrected chi connectivity index (χ0v) is 10.8. The van der Waals surface area contributed by atoms with Gasteiger partial charge in [-0.2, -0.15) is 0 Å². The first kappa shape index (κ1) is 13.0. The van der Waals surface area contributed by atoms with Crippen molar-refractivity contribution in [3.05, 3.63) is 0 Å². The predicted molar refractivity (Wildman–Crippen MR) is 63.2 cm³/mol. The van der Waals surface area contributed by atoms with Crippen molar-refractivity contribution in [1.82, 2.24) is 10.6 Å². The fraction of sp³-hybridized carbons (Fsp3) is 0.833. The van der Waals surface area contributed by atoms with Gasteiger partial charge in [-0.25, -0.2) is 4.79 Å². The Hall–Kier alpha value is -1.06. The van der Waals surface area contributed by atoms with Gasteiger partial charge < -0.3 is 10.6 Å². The monoisotopic (exact) mass is 226 g/mol. The van der Waals surface area contributed by atoms with Crippen LogP contribution in [0.5, 0.6) is 0 Å². The Kier molecular flexibility index (Phi) is 3.31. The molecule has 2 unspecified atom stereocenters. The summed E-state index contributed by atoms with van der Waals surface area (Å²) in [6.45, 7) is 7.77. The van der Waals surface area contributed by atoms with Crippen molar-refractivity contribution in [1.29, 1.82) is 0 Å². The molecule has 0 aromatic heterocycles. The third-order valence-electron chi connectivity index (χ3n) is 4.33. The lowest BCUT2D eigenvalue weighted by Crippen LogP contribution is -2.56. The van der Waals surface area contributed by atoms with E-state index >= 15 is 0 Å². The van der Waals surface area contributed by atoms with Gasteiger partial charge in [-0.3, -0.25) is 4.79 Å². The van der Waals surface area contributed by atoms with Crippen LogP contribution in [0.25, 0.3) is 0 Å². The molecule has 2 amide bonds. The number of nitrogens with one attached hydrogen (secondary N) is 2. The van der Waals surface area contributed by atoms with Crippen LogP contribution in [0, 0.1) is 11.3 Å². The van der Waals surface area contributed by atoms with E-state index in [1.165, 1.54) is 0 Å². The fourth-order valence-electron chi connectivity index (χ4n) is 2.75. The van der Waals surface area contributed by atoms with Gasteiger partial charge in [0.05, 0.1) is 0 Å². The van der Waals surface area contributed by atoms with Crippen molar-refractivity contribution in [2.45, 2.75) is 46.1 Å². The Labute approximate surface area is 97.2 Å². The third kappa shape index (κ3) is 1.93. The van der Waals surface area contributed by atoms with E-state index in [0.717, 1.165) is 12.8 Å². The maximum Gasteiger partial charge on any atom is 0.314 e. The lowest BCUT2D eigenvalue weighted by atomic mass is 9.70. The van der Waals surface area contributed by atoms with Crippen LogP contribution < -0.4 is 10.6 Å². The van der Waals surface area contributed by atoms with Gasteiger partial charge in [0.15, 0.2) is 0 Å². The molecule has 4 heteroatoms. The summed E-state index contributed by atoms with van der Waals surface area (Å²) in [6.07, 6.45) is 1.69. The molecule has 1 aliphatic rings.